The number of ether oxygens (including phenoxy) is 2. The van der Waals surface area contributed by atoms with E-state index in [0.29, 0.717) is 17.9 Å². The lowest BCUT2D eigenvalue weighted by molar-refractivity contribution is -0.153. The van der Waals surface area contributed by atoms with Crippen LogP contribution in [0.4, 0.5) is 13.2 Å². The lowest BCUT2D eigenvalue weighted by Gasteiger charge is -2.14. The van der Waals surface area contributed by atoms with Crippen molar-refractivity contribution in [2.45, 2.75) is 31.5 Å². The lowest BCUT2D eigenvalue weighted by Crippen LogP contribution is -2.29. The van der Waals surface area contributed by atoms with Gasteiger partial charge in [0.1, 0.15) is 11.5 Å². The van der Waals surface area contributed by atoms with E-state index in [1.807, 2.05) is 0 Å². The van der Waals surface area contributed by atoms with Crippen LogP contribution in [0.3, 0.4) is 0 Å². The number of carbonyl (C=O) groups is 2. The monoisotopic (exact) mass is 438 g/mol. The molecule has 0 bridgehead atoms. The summed E-state index contributed by atoms with van der Waals surface area (Å²) in [4.78, 5) is 27.1. The van der Waals surface area contributed by atoms with Crippen LogP contribution in [0.15, 0.2) is 42.6 Å². The molecule has 0 saturated heterocycles. The van der Waals surface area contributed by atoms with Gasteiger partial charge in [-0.05, 0) is 49.1 Å². The Balaban J connectivity index is 1.49. The van der Waals surface area contributed by atoms with Crippen LogP contribution < -0.4 is 14.8 Å². The molecule has 3 rings (SSSR count). The fraction of sp³-hybridized carbons (Fsp3) is 0.381. The number of nitrogens with one attached hydrogen (secondary N) is 1. The molecule has 0 unspecified atom stereocenters. The van der Waals surface area contributed by atoms with Crippen molar-refractivity contribution < 1.29 is 37.3 Å². The van der Waals surface area contributed by atoms with Crippen LogP contribution in [0.5, 0.6) is 11.5 Å². The van der Waals surface area contributed by atoms with E-state index in [4.69, 9.17) is 9.84 Å². The van der Waals surface area contributed by atoms with Gasteiger partial charge >= 0.3 is 12.1 Å². The van der Waals surface area contributed by atoms with Gasteiger partial charge in [0.25, 0.3) is 0 Å². The second-order valence-electron chi connectivity index (χ2n) is 7.25. The third kappa shape index (κ3) is 6.59. The molecule has 166 valence electrons. The van der Waals surface area contributed by atoms with E-state index in [2.05, 4.69) is 15.0 Å². The molecule has 1 heterocycles. The summed E-state index contributed by atoms with van der Waals surface area (Å²) in [5.41, 5.74) is 1.46. The van der Waals surface area contributed by atoms with Crippen molar-refractivity contribution in [1.82, 2.24) is 10.3 Å². The summed E-state index contributed by atoms with van der Waals surface area (Å²) in [6.45, 7) is -0.0757. The average molecular weight is 438 g/mol. The highest BCUT2D eigenvalue weighted by Gasteiger charge is 2.44. The fourth-order valence-electron chi connectivity index (χ4n) is 3.10. The maximum absolute atomic E-state index is 12.5. The van der Waals surface area contributed by atoms with Gasteiger partial charge in [0.2, 0.25) is 5.91 Å². The minimum absolute atomic E-state index is 0.00219. The lowest BCUT2D eigenvalue weighted by atomic mass is 10.1. The van der Waals surface area contributed by atoms with Gasteiger partial charge in [-0.25, -0.2) is 4.79 Å². The van der Waals surface area contributed by atoms with Crippen molar-refractivity contribution in [3.8, 4) is 11.5 Å². The van der Waals surface area contributed by atoms with Gasteiger partial charge in [0, 0.05) is 5.92 Å². The standard InChI is InChI=1S/C21H21F3N2O5/c1-12(18-7-6-15(9-25-18)31-11-21(22,23)24)26-20(29)17-8-16(17)13-2-4-14(5-3-13)30-10-19(27)28/h2-7,9,12,16-17H,8,10-11H2,1H3,(H,26,29)(H,27,28)/t12-,16-,17+/m1/s1. The van der Waals surface area contributed by atoms with E-state index in [1.54, 1.807) is 31.2 Å². The zero-order valence-electron chi connectivity index (χ0n) is 16.6. The van der Waals surface area contributed by atoms with Crippen LogP contribution in [0.25, 0.3) is 0 Å². The summed E-state index contributed by atoms with van der Waals surface area (Å²) in [5.74, 6) is -0.889. The van der Waals surface area contributed by atoms with Crippen LogP contribution in [-0.2, 0) is 9.59 Å². The first-order chi connectivity index (χ1) is 14.6. The normalized spacial score (nSPS) is 18.7. The van der Waals surface area contributed by atoms with Gasteiger partial charge < -0.3 is 19.9 Å². The van der Waals surface area contributed by atoms with Gasteiger partial charge in [-0.15, -0.1) is 0 Å². The smallest absolute Gasteiger partial charge is 0.422 e. The van der Waals surface area contributed by atoms with Gasteiger partial charge in [0.15, 0.2) is 13.2 Å². The topological polar surface area (TPSA) is 97.8 Å². The maximum atomic E-state index is 12.5. The number of aliphatic carboxylic acids is 1. The molecule has 3 atom stereocenters. The van der Waals surface area contributed by atoms with E-state index >= 15 is 0 Å². The van der Waals surface area contributed by atoms with Crippen molar-refractivity contribution in [3.63, 3.8) is 0 Å². The predicted molar refractivity (Wildman–Crippen MR) is 103 cm³/mol. The second-order valence-corrected chi connectivity index (χ2v) is 7.25. The molecule has 1 aromatic carbocycles. The molecule has 1 aliphatic rings. The zero-order chi connectivity index (χ0) is 22.6. The molecular formula is C21H21F3N2O5. The van der Waals surface area contributed by atoms with Crippen LogP contribution in [0.2, 0.25) is 0 Å². The summed E-state index contributed by atoms with van der Waals surface area (Å²) in [6, 6.07) is 9.42. The van der Waals surface area contributed by atoms with Crippen LogP contribution in [0, 0.1) is 5.92 Å². The van der Waals surface area contributed by atoms with Crippen LogP contribution in [-0.4, -0.2) is 41.4 Å². The van der Waals surface area contributed by atoms with E-state index < -0.39 is 31.4 Å². The van der Waals surface area contributed by atoms with Crippen LogP contribution in [0.1, 0.15) is 36.6 Å². The van der Waals surface area contributed by atoms with Crippen molar-refractivity contribution in [2.24, 2.45) is 5.92 Å². The minimum Gasteiger partial charge on any atom is -0.483 e. The molecule has 1 fully saturated rings. The second kappa shape index (κ2) is 9.23. The number of benzene rings is 1. The number of amides is 1. The molecule has 7 nitrogen and oxygen atoms in total. The Bertz CT molecular complexity index is 916. The molecule has 1 aromatic heterocycles. The molecule has 0 radical (unpaired) electrons. The Kier molecular flexibility index (Phi) is 6.67. The van der Waals surface area contributed by atoms with Gasteiger partial charge in [-0.2, -0.15) is 13.2 Å². The number of rotatable bonds is 9. The number of carboxylic acid groups (broad SMARTS) is 1. The summed E-state index contributed by atoms with van der Waals surface area (Å²) in [7, 11) is 0. The third-order valence-electron chi connectivity index (χ3n) is 4.76. The number of hydrogen-bond acceptors (Lipinski definition) is 5. The Hall–Kier alpha value is -3.30. The SMILES string of the molecule is C[C@@H](NC(=O)[C@H]1C[C@@H]1c1ccc(OCC(=O)O)cc1)c1ccc(OCC(F)(F)F)cn1. The highest BCUT2D eigenvalue weighted by molar-refractivity contribution is 5.83. The molecule has 2 aromatic rings. The zero-order valence-corrected chi connectivity index (χ0v) is 16.6. The molecule has 1 amide bonds. The van der Waals surface area contributed by atoms with Crippen molar-refractivity contribution in [1.29, 1.82) is 0 Å². The number of nitrogens with zero attached hydrogens (tertiary/aromatic N) is 1. The fourth-order valence-corrected chi connectivity index (χ4v) is 3.10. The molecule has 10 heteroatoms. The highest BCUT2D eigenvalue weighted by Crippen LogP contribution is 2.48. The maximum Gasteiger partial charge on any atom is 0.422 e. The highest BCUT2D eigenvalue weighted by atomic mass is 19.4. The van der Waals surface area contributed by atoms with Gasteiger partial charge in [-0.3, -0.25) is 9.78 Å². The quantitative estimate of drug-likeness (QED) is 0.622. The van der Waals surface area contributed by atoms with E-state index in [-0.39, 0.29) is 23.5 Å². The Labute approximate surface area is 176 Å². The first-order valence-corrected chi connectivity index (χ1v) is 9.53. The van der Waals surface area contributed by atoms with E-state index in [9.17, 15) is 22.8 Å². The molecule has 2 N–H and O–H groups in total. The predicted octanol–water partition coefficient (Wildman–Crippen LogP) is 3.47. The number of hydrogen-bond donors (Lipinski definition) is 2. The molecular weight excluding hydrogens is 417 g/mol. The Morgan fingerprint density at radius 2 is 1.84 bits per heavy atom. The molecule has 0 aliphatic heterocycles. The Morgan fingerprint density at radius 3 is 2.42 bits per heavy atom. The van der Waals surface area contributed by atoms with Crippen molar-refractivity contribution in [3.05, 3.63) is 53.9 Å². The number of alkyl halides is 3. The number of halogens is 3. The van der Waals surface area contributed by atoms with E-state index in [1.165, 1.54) is 18.3 Å². The van der Waals surface area contributed by atoms with Crippen molar-refractivity contribution >= 4 is 11.9 Å². The summed E-state index contributed by atoms with van der Waals surface area (Å²) in [6.07, 6.45) is -2.55. The van der Waals surface area contributed by atoms with E-state index in [0.717, 1.165) is 5.56 Å². The molecule has 1 aliphatic carbocycles. The number of pyridine rings is 1. The first kappa shape index (κ1) is 22.4. The number of carbonyl (C=O) groups excluding carboxylic acids is 1. The molecule has 31 heavy (non-hydrogen) atoms. The first-order valence-electron chi connectivity index (χ1n) is 9.53. The van der Waals surface area contributed by atoms with Gasteiger partial charge in [0.05, 0.1) is 17.9 Å². The van der Waals surface area contributed by atoms with Crippen LogP contribution >= 0.6 is 0 Å². The Morgan fingerprint density at radius 1 is 1.16 bits per heavy atom. The summed E-state index contributed by atoms with van der Waals surface area (Å²) >= 11 is 0. The average Bonchev–Trinajstić information content (AvgIpc) is 3.52. The number of carboxylic acids is 1. The van der Waals surface area contributed by atoms with Gasteiger partial charge in [-0.1, -0.05) is 12.1 Å². The minimum atomic E-state index is -4.42. The third-order valence-corrected chi connectivity index (χ3v) is 4.76. The molecule has 1 saturated carbocycles. The largest absolute Gasteiger partial charge is 0.483 e. The summed E-state index contributed by atoms with van der Waals surface area (Å²) < 4.78 is 46.3. The number of aromatic nitrogens is 1. The molecule has 0 spiro atoms. The summed E-state index contributed by atoms with van der Waals surface area (Å²) in [5, 5.41) is 11.5. The van der Waals surface area contributed by atoms with Crippen molar-refractivity contribution in [2.75, 3.05) is 13.2 Å².